The molecule has 2 heterocycles. The third kappa shape index (κ3) is 3.42. The van der Waals surface area contributed by atoms with E-state index in [0.29, 0.717) is 18.8 Å². The molecule has 2 aromatic rings. The summed E-state index contributed by atoms with van der Waals surface area (Å²) in [6.45, 7) is 2.42. The molecule has 0 aliphatic carbocycles. The first-order valence-electron chi connectivity index (χ1n) is 6.31. The van der Waals surface area contributed by atoms with Crippen molar-refractivity contribution in [3.63, 3.8) is 0 Å². The number of aromatic nitrogens is 3. The minimum absolute atomic E-state index is 0.443. The molecule has 6 heteroatoms. The number of nitriles is 1. The van der Waals surface area contributed by atoms with Crippen molar-refractivity contribution in [2.45, 2.75) is 13.3 Å². The van der Waals surface area contributed by atoms with Gasteiger partial charge in [0.2, 0.25) is 0 Å². The smallest absolute Gasteiger partial charge is 0.138 e. The van der Waals surface area contributed by atoms with Crippen molar-refractivity contribution < 1.29 is 0 Å². The summed E-state index contributed by atoms with van der Waals surface area (Å²) in [6, 6.07) is 7.79. The molecule has 0 amide bonds. The Morgan fingerprint density at radius 1 is 1.30 bits per heavy atom. The molecular weight excluding hydrogens is 252 g/mol. The van der Waals surface area contributed by atoms with Gasteiger partial charge in [-0.05, 0) is 19.1 Å². The number of hydrogen-bond acceptors (Lipinski definition) is 6. The van der Waals surface area contributed by atoms with Crippen LogP contribution in [0.4, 0.5) is 17.3 Å². The Hall–Kier alpha value is -2.68. The van der Waals surface area contributed by atoms with Gasteiger partial charge in [0, 0.05) is 37.7 Å². The Morgan fingerprint density at radius 3 is 2.75 bits per heavy atom. The lowest BCUT2D eigenvalue weighted by Crippen LogP contribution is -2.13. The van der Waals surface area contributed by atoms with Crippen molar-refractivity contribution in [3.8, 4) is 6.07 Å². The number of anilines is 3. The van der Waals surface area contributed by atoms with Crippen molar-refractivity contribution in [2.24, 2.45) is 0 Å². The molecule has 102 valence electrons. The predicted molar refractivity (Wildman–Crippen MR) is 77.8 cm³/mol. The van der Waals surface area contributed by atoms with Crippen LogP contribution in [0.25, 0.3) is 0 Å². The Labute approximate surface area is 118 Å². The fraction of sp³-hybridized carbons (Fsp3) is 0.286. The normalized spacial score (nSPS) is 9.85. The monoisotopic (exact) mass is 268 g/mol. The first-order valence-corrected chi connectivity index (χ1v) is 6.31. The number of nitrogens with one attached hydrogen (secondary N) is 1. The van der Waals surface area contributed by atoms with E-state index in [1.807, 2.05) is 37.1 Å². The van der Waals surface area contributed by atoms with Gasteiger partial charge in [-0.25, -0.2) is 9.97 Å². The lowest BCUT2D eigenvalue weighted by Gasteiger charge is -2.19. The van der Waals surface area contributed by atoms with Crippen LogP contribution < -0.4 is 10.2 Å². The van der Waals surface area contributed by atoms with E-state index in [4.69, 9.17) is 5.26 Å². The second-order valence-corrected chi connectivity index (χ2v) is 4.26. The van der Waals surface area contributed by atoms with Gasteiger partial charge >= 0.3 is 0 Å². The van der Waals surface area contributed by atoms with Crippen LogP contribution in [0.1, 0.15) is 12.2 Å². The van der Waals surface area contributed by atoms with Crippen molar-refractivity contribution in [1.82, 2.24) is 15.0 Å². The summed E-state index contributed by atoms with van der Waals surface area (Å²) in [7, 11) is 1.94. The zero-order valence-electron chi connectivity index (χ0n) is 11.5. The molecule has 0 aliphatic heterocycles. The molecule has 0 saturated carbocycles. The largest absolute Gasteiger partial charge is 0.369 e. The van der Waals surface area contributed by atoms with Gasteiger partial charge in [-0.1, -0.05) is 0 Å². The van der Waals surface area contributed by atoms with Crippen LogP contribution in [0.15, 0.2) is 30.6 Å². The molecule has 0 saturated heterocycles. The minimum atomic E-state index is 0.443. The van der Waals surface area contributed by atoms with E-state index in [-0.39, 0.29) is 0 Å². The lowest BCUT2D eigenvalue weighted by atomic mass is 10.3. The molecule has 0 aliphatic rings. The number of pyridine rings is 1. The molecule has 0 aromatic carbocycles. The standard InChI is InChI=1S/C14H16N6/c1-11-18-13(17-7-3-6-15)10-14(19-11)20(2)12-4-8-16-9-5-12/h4-5,8-10H,3,7H2,1-2H3,(H,17,18,19). The average Bonchev–Trinajstić information content (AvgIpc) is 2.47. The molecule has 2 rings (SSSR count). The van der Waals surface area contributed by atoms with Gasteiger partial charge in [0.25, 0.3) is 0 Å². The highest BCUT2D eigenvalue weighted by molar-refractivity contribution is 5.61. The Bertz CT molecular complexity index is 605. The maximum absolute atomic E-state index is 8.55. The average molecular weight is 268 g/mol. The fourth-order valence-electron chi connectivity index (χ4n) is 1.76. The summed E-state index contributed by atoms with van der Waals surface area (Å²) >= 11 is 0. The maximum Gasteiger partial charge on any atom is 0.138 e. The summed E-state index contributed by atoms with van der Waals surface area (Å²) in [4.78, 5) is 14.7. The van der Waals surface area contributed by atoms with Crippen LogP contribution in [-0.4, -0.2) is 28.5 Å². The summed E-state index contributed by atoms with van der Waals surface area (Å²) < 4.78 is 0. The topological polar surface area (TPSA) is 77.7 Å². The molecule has 0 radical (unpaired) electrons. The molecule has 1 N–H and O–H groups in total. The van der Waals surface area contributed by atoms with E-state index >= 15 is 0 Å². The quantitative estimate of drug-likeness (QED) is 0.838. The predicted octanol–water partition coefficient (Wildman–Crippen LogP) is 2.27. The molecule has 0 bridgehead atoms. The summed E-state index contributed by atoms with van der Waals surface area (Å²) in [5.74, 6) is 2.20. The van der Waals surface area contributed by atoms with Gasteiger partial charge in [0.1, 0.15) is 17.5 Å². The molecule has 0 spiro atoms. The second-order valence-electron chi connectivity index (χ2n) is 4.26. The SMILES string of the molecule is Cc1nc(NCCC#N)cc(N(C)c2ccncc2)n1. The molecule has 0 fully saturated rings. The highest BCUT2D eigenvalue weighted by atomic mass is 15.2. The number of rotatable bonds is 5. The number of hydrogen-bond donors (Lipinski definition) is 1. The van der Waals surface area contributed by atoms with Crippen LogP contribution in [0.2, 0.25) is 0 Å². The Morgan fingerprint density at radius 2 is 2.05 bits per heavy atom. The van der Waals surface area contributed by atoms with E-state index in [0.717, 1.165) is 17.3 Å². The Balaban J connectivity index is 2.21. The molecule has 6 nitrogen and oxygen atoms in total. The van der Waals surface area contributed by atoms with Crippen LogP contribution in [0.5, 0.6) is 0 Å². The molecule has 20 heavy (non-hydrogen) atoms. The van der Waals surface area contributed by atoms with E-state index < -0.39 is 0 Å². The van der Waals surface area contributed by atoms with Crippen molar-refractivity contribution in [2.75, 3.05) is 23.8 Å². The van der Waals surface area contributed by atoms with Gasteiger partial charge in [0.15, 0.2) is 0 Å². The first-order chi connectivity index (χ1) is 9.70. The third-order valence-corrected chi connectivity index (χ3v) is 2.76. The van der Waals surface area contributed by atoms with Gasteiger partial charge in [-0.3, -0.25) is 4.98 Å². The van der Waals surface area contributed by atoms with Crippen molar-refractivity contribution in [1.29, 1.82) is 5.26 Å². The fourth-order valence-corrected chi connectivity index (χ4v) is 1.76. The first kappa shape index (κ1) is 13.7. The van der Waals surface area contributed by atoms with Gasteiger partial charge in [-0.2, -0.15) is 5.26 Å². The van der Waals surface area contributed by atoms with E-state index in [2.05, 4.69) is 26.3 Å². The molecule has 0 atom stereocenters. The number of nitrogens with zero attached hydrogens (tertiary/aromatic N) is 5. The lowest BCUT2D eigenvalue weighted by molar-refractivity contribution is 0.987. The van der Waals surface area contributed by atoms with Crippen molar-refractivity contribution >= 4 is 17.3 Å². The third-order valence-electron chi connectivity index (χ3n) is 2.76. The highest BCUT2D eigenvalue weighted by Crippen LogP contribution is 2.22. The van der Waals surface area contributed by atoms with Gasteiger partial charge in [0.05, 0.1) is 12.5 Å². The zero-order chi connectivity index (χ0) is 14.4. The van der Waals surface area contributed by atoms with Gasteiger partial charge in [-0.15, -0.1) is 0 Å². The van der Waals surface area contributed by atoms with E-state index in [9.17, 15) is 0 Å². The van der Waals surface area contributed by atoms with E-state index in [1.165, 1.54) is 0 Å². The number of aryl methyl sites for hydroxylation is 1. The molecular formula is C14H16N6. The molecule has 2 aromatic heterocycles. The summed E-state index contributed by atoms with van der Waals surface area (Å²) in [5.41, 5.74) is 1.00. The summed E-state index contributed by atoms with van der Waals surface area (Å²) in [5, 5.41) is 11.7. The molecule has 0 unspecified atom stereocenters. The van der Waals surface area contributed by atoms with Crippen LogP contribution in [-0.2, 0) is 0 Å². The summed E-state index contributed by atoms with van der Waals surface area (Å²) in [6.07, 6.45) is 3.93. The van der Waals surface area contributed by atoms with Crippen LogP contribution in [0.3, 0.4) is 0 Å². The van der Waals surface area contributed by atoms with E-state index in [1.54, 1.807) is 12.4 Å². The zero-order valence-corrected chi connectivity index (χ0v) is 11.5. The van der Waals surface area contributed by atoms with Crippen molar-refractivity contribution in [3.05, 3.63) is 36.4 Å². The maximum atomic E-state index is 8.55. The van der Waals surface area contributed by atoms with Crippen LogP contribution >= 0.6 is 0 Å². The highest BCUT2D eigenvalue weighted by Gasteiger charge is 2.08. The van der Waals surface area contributed by atoms with Crippen LogP contribution in [0, 0.1) is 18.3 Å². The second kappa shape index (κ2) is 6.48. The Kier molecular flexibility index (Phi) is 4.45. The van der Waals surface area contributed by atoms with Gasteiger partial charge < -0.3 is 10.2 Å². The minimum Gasteiger partial charge on any atom is -0.369 e.